The number of hydrogen-bond acceptors (Lipinski definition) is 5. The summed E-state index contributed by atoms with van der Waals surface area (Å²) in [7, 11) is 1.45. The first-order chi connectivity index (χ1) is 12.0. The van der Waals surface area contributed by atoms with E-state index in [9.17, 15) is 14.4 Å². The molecule has 0 atom stereocenters. The highest BCUT2D eigenvalue weighted by Gasteiger charge is 2.18. The van der Waals surface area contributed by atoms with Crippen LogP contribution < -0.4 is 5.56 Å². The topological polar surface area (TPSA) is 78.3 Å². The smallest absolute Gasteiger partial charge is 0.359 e. The molecular formula is C18H13ClN2O4. The van der Waals surface area contributed by atoms with Gasteiger partial charge >= 0.3 is 5.97 Å². The average Bonchev–Trinajstić information content (AvgIpc) is 2.62. The van der Waals surface area contributed by atoms with Crippen molar-refractivity contribution < 1.29 is 14.3 Å². The van der Waals surface area contributed by atoms with Crippen LogP contribution in [0, 0.1) is 0 Å². The molecule has 6 nitrogen and oxygen atoms in total. The van der Waals surface area contributed by atoms with Gasteiger partial charge in [0.05, 0.1) is 5.39 Å². The second-order valence-corrected chi connectivity index (χ2v) is 5.77. The third-order valence-corrected chi connectivity index (χ3v) is 3.87. The number of ketones is 1. The number of halogens is 1. The molecule has 0 amide bonds. The van der Waals surface area contributed by atoms with Crippen LogP contribution in [0.3, 0.4) is 0 Å². The second kappa shape index (κ2) is 6.86. The molecule has 1 heterocycles. The van der Waals surface area contributed by atoms with Gasteiger partial charge in [-0.1, -0.05) is 41.9 Å². The number of ether oxygens (including phenoxy) is 1. The predicted octanol–water partition coefficient (Wildman–Crippen LogP) is 2.63. The minimum Gasteiger partial charge on any atom is -0.452 e. The number of esters is 1. The highest BCUT2D eigenvalue weighted by molar-refractivity contribution is 6.31. The van der Waals surface area contributed by atoms with Gasteiger partial charge in [-0.2, -0.15) is 5.10 Å². The van der Waals surface area contributed by atoms with Crippen LogP contribution in [0.2, 0.25) is 5.02 Å². The van der Waals surface area contributed by atoms with Crippen molar-refractivity contribution in [2.24, 2.45) is 7.05 Å². The molecule has 0 N–H and O–H groups in total. The van der Waals surface area contributed by atoms with E-state index in [2.05, 4.69) is 5.10 Å². The third kappa shape index (κ3) is 3.44. The zero-order chi connectivity index (χ0) is 18.0. The van der Waals surface area contributed by atoms with Crippen LogP contribution in [0.15, 0.2) is 53.3 Å². The van der Waals surface area contributed by atoms with Crippen molar-refractivity contribution in [3.05, 3.63) is 75.2 Å². The van der Waals surface area contributed by atoms with Gasteiger partial charge in [0.1, 0.15) is 0 Å². The number of fused-ring (bicyclic) bond motifs is 1. The molecule has 0 bridgehead atoms. The van der Waals surface area contributed by atoms with Crippen LogP contribution in [0.25, 0.3) is 10.8 Å². The fourth-order valence-electron chi connectivity index (χ4n) is 2.40. The van der Waals surface area contributed by atoms with E-state index in [1.54, 1.807) is 42.5 Å². The van der Waals surface area contributed by atoms with Crippen molar-refractivity contribution in [3.8, 4) is 0 Å². The molecule has 3 aromatic rings. The molecule has 3 rings (SSSR count). The van der Waals surface area contributed by atoms with E-state index >= 15 is 0 Å². The summed E-state index contributed by atoms with van der Waals surface area (Å²) >= 11 is 5.84. The number of hydrogen-bond donors (Lipinski definition) is 0. The van der Waals surface area contributed by atoms with Gasteiger partial charge in [0, 0.05) is 23.0 Å². The average molecular weight is 357 g/mol. The summed E-state index contributed by atoms with van der Waals surface area (Å²) in [4.78, 5) is 36.5. The van der Waals surface area contributed by atoms with E-state index in [1.165, 1.54) is 13.1 Å². The lowest BCUT2D eigenvalue weighted by Crippen LogP contribution is -2.24. The van der Waals surface area contributed by atoms with Crippen molar-refractivity contribution in [1.82, 2.24) is 9.78 Å². The molecule has 0 radical (unpaired) electrons. The van der Waals surface area contributed by atoms with Gasteiger partial charge in [0.25, 0.3) is 5.56 Å². The van der Waals surface area contributed by atoms with Crippen molar-refractivity contribution in [1.29, 1.82) is 0 Å². The number of carbonyl (C=O) groups is 2. The Hall–Kier alpha value is -2.99. The Morgan fingerprint density at radius 2 is 1.84 bits per heavy atom. The molecule has 0 aliphatic carbocycles. The molecule has 7 heteroatoms. The zero-order valence-corrected chi connectivity index (χ0v) is 14.0. The van der Waals surface area contributed by atoms with Crippen molar-refractivity contribution in [2.75, 3.05) is 6.61 Å². The summed E-state index contributed by atoms with van der Waals surface area (Å²) < 4.78 is 6.14. The Labute approximate surface area is 147 Å². The van der Waals surface area contributed by atoms with Crippen LogP contribution in [0.4, 0.5) is 0 Å². The standard InChI is InChI=1S/C18H13ClN2O4/c1-21-17(23)14-8-3-2-7-13(14)16(20-21)18(24)25-10-15(22)11-5-4-6-12(19)9-11/h2-9H,10H2,1H3. The molecular weight excluding hydrogens is 344 g/mol. The first kappa shape index (κ1) is 16.9. The maximum Gasteiger partial charge on any atom is 0.359 e. The molecule has 25 heavy (non-hydrogen) atoms. The number of nitrogens with zero attached hydrogens (tertiary/aromatic N) is 2. The number of benzene rings is 2. The lowest BCUT2D eigenvalue weighted by atomic mass is 10.1. The predicted molar refractivity (Wildman–Crippen MR) is 93.0 cm³/mol. The fourth-order valence-corrected chi connectivity index (χ4v) is 2.59. The maximum atomic E-state index is 12.3. The molecule has 2 aromatic carbocycles. The third-order valence-electron chi connectivity index (χ3n) is 3.63. The Bertz CT molecular complexity index is 1040. The molecule has 0 spiro atoms. The number of aromatic nitrogens is 2. The summed E-state index contributed by atoms with van der Waals surface area (Å²) in [6, 6.07) is 13.0. The highest BCUT2D eigenvalue weighted by atomic mass is 35.5. The Morgan fingerprint density at radius 3 is 2.56 bits per heavy atom. The molecule has 126 valence electrons. The van der Waals surface area contributed by atoms with E-state index < -0.39 is 12.6 Å². The first-order valence-corrected chi connectivity index (χ1v) is 7.77. The summed E-state index contributed by atoms with van der Waals surface area (Å²) in [6.07, 6.45) is 0. The number of carbonyl (C=O) groups excluding carboxylic acids is 2. The molecule has 0 aliphatic rings. The molecule has 0 aliphatic heterocycles. The van der Waals surface area contributed by atoms with Crippen LogP contribution in [-0.4, -0.2) is 28.1 Å². The van der Waals surface area contributed by atoms with Gasteiger partial charge < -0.3 is 4.74 Å². The second-order valence-electron chi connectivity index (χ2n) is 5.33. The molecule has 0 unspecified atom stereocenters. The minimum atomic E-state index is -0.776. The van der Waals surface area contributed by atoms with Gasteiger partial charge in [-0.3, -0.25) is 9.59 Å². The summed E-state index contributed by atoms with van der Waals surface area (Å²) in [5, 5.41) is 5.12. The van der Waals surface area contributed by atoms with Gasteiger partial charge in [0.2, 0.25) is 0 Å². The lowest BCUT2D eigenvalue weighted by molar-refractivity contribution is 0.0469. The van der Waals surface area contributed by atoms with Gasteiger partial charge in [0.15, 0.2) is 18.1 Å². The van der Waals surface area contributed by atoms with Crippen LogP contribution in [0.5, 0.6) is 0 Å². The van der Waals surface area contributed by atoms with Gasteiger partial charge in [-0.15, -0.1) is 0 Å². The van der Waals surface area contributed by atoms with Crippen molar-refractivity contribution >= 4 is 34.1 Å². The van der Waals surface area contributed by atoms with Crippen LogP contribution in [-0.2, 0) is 11.8 Å². The zero-order valence-electron chi connectivity index (χ0n) is 13.2. The monoisotopic (exact) mass is 356 g/mol. The SMILES string of the molecule is Cn1nc(C(=O)OCC(=O)c2cccc(Cl)c2)c2ccccc2c1=O. The molecule has 0 fully saturated rings. The van der Waals surface area contributed by atoms with Crippen LogP contribution in [0.1, 0.15) is 20.8 Å². The number of Topliss-reactive ketones (excluding diaryl/α,β-unsaturated/α-hetero) is 1. The first-order valence-electron chi connectivity index (χ1n) is 7.39. The van der Waals surface area contributed by atoms with E-state index in [0.717, 1.165) is 4.68 Å². The van der Waals surface area contributed by atoms with Crippen molar-refractivity contribution in [2.45, 2.75) is 0 Å². The molecule has 0 saturated carbocycles. The van der Waals surface area contributed by atoms with Gasteiger partial charge in [-0.25, -0.2) is 9.48 Å². The quantitative estimate of drug-likeness (QED) is 0.530. The summed E-state index contributed by atoms with van der Waals surface area (Å²) in [5.74, 6) is -1.16. The van der Waals surface area contributed by atoms with Crippen molar-refractivity contribution in [3.63, 3.8) is 0 Å². The number of aryl methyl sites for hydroxylation is 1. The largest absolute Gasteiger partial charge is 0.452 e. The Morgan fingerprint density at radius 1 is 1.12 bits per heavy atom. The lowest BCUT2D eigenvalue weighted by Gasteiger charge is -2.08. The van der Waals surface area contributed by atoms with E-state index in [1.807, 2.05) is 0 Å². The molecule has 1 aromatic heterocycles. The fraction of sp³-hybridized carbons (Fsp3) is 0.111. The normalized spacial score (nSPS) is 10.6. The van der Waals surface area contributed by atoms with Gasteiger partial charge in [-0.05, 0) is 18.2 Å². The molecule has 0 saturated heterocycles. The maximum absolute atomic E-state index is 12.3. The highest BCUT2D eigenvalue weighted by Crippen LogP contribution is 2.15. The Balaban J connectivity index is 1.85. The number of rotatable bonds is 4. The Kier molecular flexibility index (Phi) is 4.63. The van der Waals surface area contributed by atoms with E-state index in [4.69, 9.17) is 16.3 Å². The van der Waals surface area contributed by atoms with Crippen LogP contribution >= 0.6 is 11.6 Å². The van der Waals surface area contributed by atoms with E-state index in [-0.39, 0.29) is 17.0 Å². The summed E-state index contributed by atoms with van der Waals surface area (Å²) in [6.45, 7) is -0.446. The van der Waals surface area contributed by atoms with E-state index in [0.29, 0.717) is 21.4 Å². The minimum absolute atomic E-state index is 0.0170. The summed E-state index contributed by atoms with van der Waals surface area (Å²) in [5.41, 5.74) is 0.0114.